The third kappa shape index (κ3) is 1.44. The first-order valence-corrected chi connectivity index (χ1v) is 4.62. The molecule has 0 fully saturated rings. The molecule has 1 aromatic rings. The van der Waals surface area contributed by atoms with Crippen LogP contribution in [0.25, 0.3) is 0 Å². The van der Waals surface area contributed by atoms with Crippen LogP contribution in [0, 0.1) is 0 Å². The smallest absolute Gasteiger partial charge is 0.185 e. The van der Waals surface area contributed by atoms with E-state index in [1.54, 1.807) is 0 Å². The van der Waals surface area contributed by atoms with E-state index < -0.39 is 0 Å². The van der Waals surface area contributed by atoms with Crippen molar-refractivity contribution in [3.05, 3.63) is 29.8 Å². The van der Waals surface area contributed by atoms with Gasteiger partial charge in [-0.1, -0.05) is 25.1 Å². The average Bonchev–Trinajstić information content (AvgIpc) is 2.16. The molecule has 2 nitrogen and oxygen atoms in total. The number of fused-ring (bicyclic) bond motifs is 1. The number of para-hydroxylation sites is 1. The number of ether oxygens (including phenoxy) is 1. The Bertz CT molecular complexity index is 344. The average molecular weight is 175 g/mol. The van der Waals surface area contributed by atoms with Gasteiger partial charge in [0.25, 0.3) is 0 Å². The Kier molecular flexibility index (Phi) is 2.05. The summed E-state index contributed by atoms with van der Waals surface area (Å²) in [7, 11) is 0. The Balaban J connectivity index is 2.48. The van der Waals surface area contributed by atoms with Crippen LogP contribution in [0.15, 0.2) is 29.3 Å². The van der Waals surface area contributed by atoms with Crippen LogP contribution < -0.4 is 0 Å². The Morgan fingerprint density at radius 3 is 2.92 bits per heavy atom. The van der Waals surface area contributed by atoms with Crippen LogP contribution in [0.4, 0.5) is 5.69 Å². The van der Waals surface area contributed by atoms with E-state index in [0.717, 1.165) is 18.0 Å². The molecule has 1 heterocycles. The molecule has 0 bridgehead atoms. The molecule has 13 heavy (non-hydrogen) atoms. The van der Waals surface area contributed by atoms with E-state index in [4.69, 9.17) is 4.74 Å². The van der Waals surface area contributed by atoms with Gasteiger partial charge >= 0.3 is 0 Å². The minimum absolute atomic E-state index is 0.189. The number of nitrogens with zero attached hydrogens (tertiary/aromatic N) is 1. The minimum atomic E-state index is 0.189. The highest BCUT2D eigenvalue weighted by Gasteiger charge is 2.19. The lowest BCUT2D eigenvalue weighted by molar-refractivity contribution is 0.181. The van der Waals surface area contributed by atoms with E-state index in [-0.39, 0.29) is 6.10 Å². The molecule has 0 saturated carbocycles. The first kappa shape index (κ1) is 8.30. The molecule has 0 aliphatic carbocycles. The van der Waals surface area contributed by atoms with E-state index >= 15 is 0 Å². The van der Waals surface area contributed by atoms with Crippen molar-refractivity contribution in [1.82, 2.24) is 0 Å². The molecule has 2 heteroatoms. The maximum atomic E-state index is 5.61. The third-order valence-corrected chi connectivity index (χ3v) is 2.25. The quantitative estimate of drug-likeness (QED) is 0.642. The zero-order valence-corrected chi connectivity index (χ0v) is 7.95. The molecule has 0 N–H and O–H groups in total. The third-order valence-electron chi connectivity index (χ3n) is 2.25. The van der Waals surface area contributed by atoms with Gasteiger partial charge in [-0.15, -0.1) is 0 Å². The molecule has 0 saturated heterocycles. The molecule has 0 amide bonds. The fourth-order valence-corrected chi connectivity index (χ4v) is 1.63. The van der Waals surface area contributed by atoms with Gasteiger partial charge in [-0.3, -0.25) is 0 Å². The van der Waals surface area contributed by atoms with Crippen LogP contribution in [0.1, 0.15) is 31.9 Å². The summed E-state index contributed by atoms with van der Waals surface area (Å²) in [5.41, 5.74) is 2.26. The summed E-state index contributed by atoms with van der Waals surface area (Å²) in [6.07, 6.45) is 1.18. The fraction of sp³-hybridized carbons (Fsp3) is 0.364. The molecule has 0 radical (unpaired) electrons. The van der Waals surface area contributed by atoms with Crippen molar-refractivity contribution in [2.45, 2.75) is 26.4 Å². The minimum Gasteiger partial charge on any atom is -0.473 e. The zero-order chi connectivity index (χ0) is 9.26. The second kappa shape index (κ2) is 3.21. The second-order valence-electron chi connectivity index (χ2n) is 3.20. The lowest BCUT2D eigenvalue weighted by Gasteiger charge is -2.23. The fourth-order valence-electron chi connectivity index (χ4n) is 1.63. The van der Waals surface area contributed by atoms with Crippen LogP contribution in [0.2, 0.25) is 0 Å². The maximum Gasteiger partial charge on any atom is 0.185 e. The molecule has 1 aliphatic heterocycles. The summed E-state index contributed by atoms with van der Waals surface area (Å²) < 4.78 is 5.61. The molecular formula is C11H13NO. The predicted octanol–water partition coefficient (Wildman–Crippen LogP) is 3.22. The van der Waals surface area contributed by atoms with Crippen molar-refractivity contribution >= 4 is 11.6 Å². The van der Waals surface area contributed by atoms with E-state index in [2.05, 4.69) is 18.0 Å². The van der Waals surface area contributed by atoms with Gasteiger partial charge in [0.2, 0.25) is 0 Å². The summed E-state index contributed by atoms with van der Waals surface area (Å²) in [6.45, 7) is 4.03. The van der Waals surface area contributed by atoms with Crippen LogP contribution in [-0.2, 0) is 4.74 Å². The summed E-state index contributed by atoms with van der Waals surface area (Å²) in [6, 6.07) is 8.15. The number of benzene rings is 1. The van der Waals surface area contributed by atoms with E-state index in [0.29, 0.717) is 0 Å². The van der Waals surface area contributed by atoms with E-state index in [9.17, 15) is 0 Å². The first-order chi connectivity index (χ1) is 6.31. The monoisotopic (exact) mass is 175 g/mol. The SMILES string of the molecule is CCC1OC(C)=Nc2ccccc21. The molecule has 0 aromatic heterocycles. The van der Waals surface area contributed by atoms with E-state index in [1.807, 2.05) is 25.1 Å². The van der Waals surface area contributed by atoms with Gasteiger partial charge in [0.05, 0.1) is 5.69 Å². The lowest BCUT2D eigenvalue weighted by Crippen LogP contribution is -2.12. The van der Waals surface area contributed by atoms with Crippen molar-refractivity contribution < 1.29 is 4.74 Å². The van der Waals surface area contributed by atoms with Crippen molar-refractivity contribution in [3.63, 3.8) is 0 Å². The number of hydrogen-bond acceptors (Lipinski definition) is 2. The predicted molar refractivity (Wildman–Crippen MR) is 53.3 cm³/mol. The molecular weight excluding hydrogens is 162 g/mol. The van der Waals surface area contributed by atoms with Crippen molar-refractivity contribution in [2.75, 3.05) is 0 Å². The Labute approximate surface area is 78.3 Å². The molecule has 2 rings (SSSR count). The van der Waals surface area contributed by atoms with Crippen LogP contribution >= 0.6 is 0 Å². The lowest BCUT2D eigenvalue weighted by atomic mass is 10.0. The van der Waals surface area contributed by atoms with Gasteiger partial charge in [0.15, 0.2) is 5.90 Å². The highest BCUT2D eigenvalue weighted by Crippen LogP contribution is 2.33. The largest absolute Gasteiger partial charge is 0.473 e. The van der Waals surface area contributed by atoms with Gasteiger partial charge in [-0.25, -0.2) is 4.99 Å². The molecule has 1 unspecified atom stereocenters. The molecule has 0 spiro atoms. The second-order valence-corrected chi connectivity index (χ2v) is 3.20. The van der Waals surface area contributed by atoms with E-state index in [1.165, 1.54) is 5.56 Å². The van der Waals surface area contributed by atoms with Gasteiger partial charge in [-0.05, 0) is 12.5 Å². The normalized spacial score (nSPS) is 20.2. The summed E-state index contributed by atoms with van der Waals surface area (Å²) >= 11 is 0. The van der Waals surface area contributed by atoms with Gasteiger partial charge in [-0.2, -0.15) is 0 Å². The zero-order valence-electron chi connectivity index (χ0n) is 7.95. The van der Waals surface area contributed by atoms with Crippen molar-refractivity contribution in [3.8, 4) is 0 Å². The Morgan fingerprint density at radius 2 is 2.15 bits per heavy atom. The van der Waals surface area contributed by atoms with Gasteiger partial charge < -0.3 is 4.74 Å². The molecule has 1 atom stereocenters. The molecule has 1 aromatic carbocycles. The van der Waals surface area contributed by atoms with Crippen LogP contribution in [0.3, 0.4) is 0 Å². The number of aliphatic imine (C=N–C) groups is 1. The van der Waals surface area contributed by atoms with Gasteiger partial charge in [0, 0.05) is 12.5 Å². The summed E-state index contributed by atoms with van der Waals surface area (Å²) in [5.74, 6) is 0.769. The maximum absolute atomic E-state index is 5.61. The number of rotatable bonds is 1. The number of hydrogen-bond donors (Lipinski definition) is 0. The summed E-state index contributed by atoms with van der Waals surface area (Å²) in [4.78, 5) is 4.34. The Hall–Kier alpha value is -1.31. The molecule has 68 valence electrons. The highest BCUT2D eigenvalue weighted by molar-refractivity contribution is 5.79. The Morgan fingerprint density at radius 1 is 1.38 bits per heavy atom. The van der Waals surface area contributed by atoms with Crippen LogP contribution in [0.5, 0.6) is 0 Å². The van der Waals surface area contributed by atoms with Crippen molar-refractivity contribution in [2.24, 2.45) is 4.99 Å². The van der Waals surface area contributed by atoms with Crippen LogP contribution in [-0.4, -0.2) is 5.90 Å². The standard InChI is InChI=1S/C11H13NO/c1-3-11-9-6-4-5-7-10(9)12-8(2)13-11/h4-7,11H,3H2,1-2H3. The topological polar surface area (TPSA) is 21.6 Å². The highest BCUT2D eigenvalue weighted by atomic mass is 16.5. The van der Waals surface area contributed by atoms with Crippen molar-refractivity contribution in [1.29, 1.82) is 0 Å². The molecule has 1 aliphatic rings. The van der Waals surface area contributed by atoms with Gasteiger partial charge in [0.1, 0.15) is 6.10 Å². The first-order valence-electron chi connectivity index (χ1n) is 4.62. The summed E-state index contributed by atoms with van der Waals surface area (Å²) in [5, 5.41) is 0.